The van der Waals surface area contributed by atoms with Crippen LogP contribution in [0, 0.1) is 0 Å². The fourth-order valence-corrected chi connectivity index (χ4v) is 1.71. The molecule has 1 heterocycles. The summed E-state index contributed by atoms with van der Waals surface area (Å²) in [6.45, 7) is 5.05. The van der Waals surface area contributed by atoms with Gasteiger partial charge in [0.05, 0.1) is 12.8 Å². The topological polar surface area (TPSA) is 56.1 Å². The molecule has 94 valence electrons. The van der Waals surface area contributed by atoms with Crippen LogP contribution in [-0.2, 0) is 16.1 Å². The largest absolute Gasteiger partial charge is 0.465 e. The number of hydrogen-bond acceptors (Lipinski definition) is 4. The molecule has 0 aromatic carbocycles. The minimum atomic E-state index is -0.372. The molecule has 0 radical (unpaired) electrons. The third-order valence-corrected chi connectivity index (χ3v) is 2.81. The summed E-state index contributed by atoms with van der Waals surface area (Å²) in [6.07, 6.45) is 5.91. The van der Waals surface area contributed by atoms with E-state index in [9.17, 15) is 4.79 Å². The Labute approximate surface area is 101 Å². The fourth-order valence-electron chi connectivity index (χ4n) is 1.71. The molecule has 5 heteroatoms. The number of nitrogens with one attached hydrogen (secondary N) is 1. The summed E-state index contributed by atoms with van der Waals surface area (Å²) in [7, 11) is 0. The first kappa shape index (κ1) is 12.1. The standard InChI is InChI=1S/C12H19N3O2/c1-3-15-8-9(7-13-15)11(12(16)17-4-2)14-10-5-6-10/h7-8,10-11,14H,3-6H2,1-2H3. The van der Waals surface area contributed by atoms with Gasteiger partial charge in [0.15, 0.2) is 0 Å². The van der Waals surface area contributed by atoms with Crippen LogP contribution in [0.1, 0.15) is 38.3 Å². The van der Waals surface area contributed by atoms with Crippen molar-refractivity contribution in [1.82, 2.24) is 15.1 Å². The normalized spacial score (nSPS) is 16.8. The van der Waals surface area contributed by atoms with Crippen LogP contribution in [0.3, 0.4) is 0 Å². The molecule has 17 heavy (non-hydrogen) atoms. The quantitative estimate of drug-likeness (QED) is 0.757. The average molecular weight is 237 g/mol. The van der Waals surface area contributed by atoms with E-state index in [1.165, 1.54) is 0 Å². The number of aromatic nitrogens is 2. The summed E-state index contributed by atoms with van der Waals surface area (Å²) >= 11 is 0. The number of aryl methyl sites for hydroxylation is 1. The number of rotatable bonds is 6. The molecule has 0 aliphatic heterocycles. The van der Waals surface area contributed by atoms with Gasteiger partial charge in [-0.2, -0.15) is 5.10 Å². The molecule has 0 amide bonds. The Hall–Kier alpha value is -1.36. The number of carbonyl (C=O) groups is 1. The first-order valence-electron chi connectivity index (χ1n) is 6.19. The van der Waals surface area contributed by atoms with Crippen molar-refractivity contribution in [2.24, 2.45) is 0 Å². The summed E-state index contributed by atoms with van der Waals surface area (Å²) in [6, 6.07) is 0.0807. The molecule has 1 N–H and O–H groups in total. The second-order valence-electron chi connectivity index (χ2n) is 4.26. The van der Waals surface area contributed by atoms with Crippen molar-refractivity contribution >= 4 is 5.97 Å². The molecule has 1 aromatic rings. The van der Waals surface area contributed by atoms with E-state index < -0.39 is 0 Å². The minimum absolute atomic E-state index is 0.213. The van der Waals surface area contributed by atoms with Crippen LogP contribution < -0.4 is 5.32 Å². The molecule has 1 fully saturated rings. The number of nitrogens with zero attached hydrogens (tertiary/aromatic N) is 2. The maximum atomic E-state index is 11.9. The van der Waals surface area contributed by atoms with Crippen LogP contribution in [0.4, 0.5) is 0 Å². The minimum Gasteiger partial charge on any atom is -0.465 e. The lowest BCUT2D eigenvalue weighted by atomic mass is 10.1. The molecule has 2 rings (SSSR count). The molecular formula is C12H19N3O2. The van der Waals surface area contributed by atoms with Gasteiger partial charge in [-0.1, -0.05) is 0 Å². The number of hydrogen-bond donors (Lipinski definition) is 1. The van der Waals surface area contributed by atoms with Gasteiger partial charge in [0, 0.05) is 24.3 Å². The second kappa shape index (κ2) is 5.31. The van der Waals surface area contributed by atoms with Crippen LogP contribution in [0.2, 0.25) is 0 Å². The van der Waals surface area contributed by atoms with Crippen LogP contribution in [0.15, 0.2) is 12.4 Å². The van der Waals surface area contributed by atoms with E-state index in [0.29, 0.717) is 12.6 Å². The van der Waals surface area contributed by atoms with Crippen LogP contribution in [-0.4, -0.2) is 28.4 Å². The predicted molar refractivity (Wildman–Crippen MR) is 63.4 cm³/mol. The highest BCUT2D eigenvalue weighted by Crippen LogP contribution is 2.24. The third-order valence-electron chi connectivity index (χ3n) is 2.81. The molecule has 1 aliphatic carbocycles. The van der Waals surface area contributed by atoms with Gasteiger partial charge in [-0.3, -0.25) is 10.00 Å². The summed E-state index contributed by atoms with van der Waals surface area (Å²) in [5, 5.41) is 7.50. The molecule has 5 nitrogen and oxygen atoms in total. The van der Waals surface area contributed by atoms with E-state index in [-0.39, 0.29) is 12.0 Å². The van der Waals surface area contributed by atoms with Gasteiger partial charge in [-0.15, -0.1) is 0 Å². The lowest BCUT2D eigenvalue weighted by Gasteiger charge is -2.15. The van der Waals surface area contributed by atoms with E-state index >= 15 is 0 Å². The van der Waals surface area contributed by atoms with Crippen molar-refractivity contribution in [1.29, 1.82) is 0 Å². The molecule has 1 atom stereocenters. The van der Waals surface area contributed by atoms with E-state index in [1.54, 1.807) is 6.20 Å². The van der Waals surface area contributed by atoms with Gasteiger partial charge in [0.2, 0.25) is 0 Å². The van der Waals surface area contributed by atoms with E-state index in [1.807, 2.05) is 24.7 Å². The second-order valence-corrected chi connectivity index (χ2v) is 4.26. The maximum absolute atomic E-state index is 11.9. The number of ether oxygens (including phenoxy) is 1. The summed E-state index contributed by atoms with van der Waals surface area (Å²) in [5.74, 6) is -0.213. The van der Waals surface area contributed by atoms with E-state index in [0.717, 1.165) is 24.9 Å². The monoisotopic (exact) mass is 237 g/mol. The Bertz CT molecular complexity index is 385. The van der Waals surface area contributed by atoms with Crippen LogP contribution in [0.25, 0.3) is 0 Å². The molecule has 1 saturated carbocycles. The molecule has 1 unspecified atom stereocenters. The van der Waals surface area contributed by atoms with Crippen molar-refractivity contribution in [3.8, 4) is 0 Å². The van der Waals surface area contributed by atoms with Crippen molar-refractivity contribution in [3.05, 3.63) is 18.0 Å². The third kappa shape index (κ3) is 3.06. The fraction of sp³-hybridized carbons (Fsp3) is 0.667. The SMILES string of the molecule is CCOC(=O)C(NC1CC1)c1cnn(CC)c1. The number of esters is 1. The Morgan fingerprint density at radius 1 is 1.65 bits per heavy atom. The highest BCUT2D eigenvalue weighted by Gasteiger charge is 2.31. The Balaban J connectivity index is 2.09. The van der Waals surface area contributed by atoms with Crippen molar-refractivity contribution in [3.63, 3.8) is 0 Å². The average Bonchev–Trinajstić information content (AvgIpc) is 3.02. The zero-order valence-electron chi connectivity index (χ0n) is 10.3. The van der Waals surface area contributed by atoms with Crippen LogP contribution in [0.5, 0.6) is 0 Å². The first-order chi connectivity index (χ1) is 8.24. The van der Waals surface area contributed by atoms with Gasteiger partial charge < -0.3 is 4.74 Å². The smallest absolute Gasteiger partial charge is 0.327 e. The lowest BCUT2D eigenvalue weighted by molar-refractivity contribution is -0.145. The highest BCUT2D eigenvalue weighted by molar-refractivity contribution is 5.77. The van der Waals surface area contributed by atoms with Crippen molar-refractivity contribution in [2.75, 3.05) is 6.61 Å². The zero-order chi connectivity index (χ0) is 12.3. The van der Waals surface area contributed by atoms with E-state index in [4.69, 9.17) is 4.74 Å². The first-order valence-corrected chi connectivity index (χ1v) is 6.19. The Morgan fingerprint density at radius 2 is 2.41 bits per heavy atom. The summed E-state index contributed by atoms with van der Waals surface area (Å²) in [5.41, 5.74) is 0.886. The predicted octanol–water partition coefficient (Wildman–Crippen LogP) is 1.26. The molecule has 0 saturated heterocycles. The number of carbonyl (C=O) groups excluding carboxylic acids is 1. The Morgan fingerprint density at radius 3 is 2.94 bits per heavy atom. The van der Waals surface area contributed by atoms with Gasteiger partial charge in [0.25, 0.3) is 0 Å². The summed E-state index contributed by atoms with van der Waals surface area (Å²) in [4.78, 5) is 11.9. The zero-order valence-corrected chi connectivity index (χ0v) is 10.3. The van der Waals surface area contributed by atoms with Crippen molar-refractivity contribution < 1.29 is 9.53 Å². The van der Waals surface area contributed by atoms with E-state index in [2.05, 4.69) is 10.4 Å². The molecule has 0 spiro atoms. The van der Waals surface area contributed by atoms with Gasteiger partial charge in [0.1, 0.15) is 6.04 Å². The van der Waals surface area contributed by atoms with Gasteiger partial charge in [-0.25, -0.2) is 4.79 Å². The van der Waals surface area contributed by atoms with Crippen LogP contribution >= 0.6 is 0 Å². The van der Waals surface area contributed by atoms with Crippen molar-refractivity contribution in [2.45, 2.75) is 45.3 Å². The van der Waals surface area contributed by atoms with Gasteiger partial charge >= 0.3 is 5.97 Å². The lowest BCUT2D eigenvalue weighted by Crippen LogP contribution is -2.31. The highest BCUT2D eigenvalue weighted by atomic mass is 16.5. The Kier molecular flexibility index (Phi) is 3.78. The maximum Gasteiger partial charge on any atom is 0.327 e. The molecule has 1 aliphatic rings. The van der Waals surface area contributed by atoms with Gasteiger partial charge in [-0.05, 0) is 26.7 Å². The molecule has 1 aromatic heterocycles. The molecule has 0 bridgehead atoms. The summed E-state index contributed by atoms with van der Waals surface area (Å²) < 4.78 is 6.91. The molecular weight excluding hydrogens is 218 g/mol.